The Labute approximate surface area is 134 Å². The molecular formula is C17H20F3N3. The van der Waals surface area contributed by atoms with Crippen LogP contribution >= 0.6 is 0 Å². The van der Waals surface area contributed by atoms with Gasteiger partial charge in [0, 0.05) is 37.4 Å². The molecule has 0 amide bonds. The van der Waals surface area contributed by atoms with Crippen LogP contribution < -0.4 is 4.90 Å². The van der Waals surface area contributed by atoms with E-state index >= 15 is 0 Å². The Morgan fingerprint density at radius 2 is 2.00 bits per heavy atom. The molecule has 2 rings (SSSR count). The van der Waals surface area contributed by atoms with Gasteiger partial charge in [-0.3, -0.25) is 4.90 Å². The highest BCUT2D eigenvalue weighted by Crippen LogP contribution is 2.35. The molecule has 0 aliphatic carbocycles. The van der Waals surface area contributed by atoms with Crippen molar-refractivity contribution in [2.75, 3.05) is 24.5 Å². The van der Waals surface area contributed by atoms with Crippen LogP contribution in [0.3, 0.4) is 0 Å². The van der Waals surface area contributed by atoms with E-state index in [0.717, 1.165) is 19.2 Å². The number of nitrogens with zero attached hydrogens (tertiary/aromatic N) is 3. The Hall–Kier alpha value is -2.00. The summed E-state index contributed by atoms with van der Waals surface area (Å²) in [6.07, 6.45) is -2.69. The second-order valence-corrected chi connectivity index (χ2v) is 5.93. The van der Waals surface area contributed by atoms with E-state index < -0.39 is 11.7 Å². The summed E-state index contributed by atoms with van der Waals surface area (Å²) in [5, 5.41) is 8.89. The van der Waals surface area contributed by atoms with Gasteiger partial charge in [-0.15, -0.1) is 6.58 Å². The predicted octanol–water partition coefficient (Wildman–Crippen LogP) is 3.66. The van der Waals surface area contributed by atoms with Crippen molar-refractivity contribution in [1.29, 1.82) is 5.26 Å². The van der Waals surface area contributed by atoms with Crippen LogP contribution in [0.5, 0.6) is 0 Å². The second-order valence-electron chi connectivity index (χ2n) is 5.93. The van der Waals surface area contributed by atoms with Crippen molar-refractivity contribution in [2.24, 2.45) is 0 Å². The molecule has 0 N–H and O–H groups in total. The maximum absolute atomic E-state index is 13.1. The lowest BCUT2D eigenvalue weighted by Crippen LogP contribution is -2.56. The molecule has 124 valence electrons. The number of rotatable bonds is 3. The van der Waals surface area contributed by atoms with Gasteiger partial charge in [-0.1, -0.05) is 6.08 Å². The molecule has 23 heavy (non-hydrogen) atoms. The SMILES string of the molecule is C=CCN1C[C@H](C)N(c2ccc(C#N)c(C(F)(F)F)c2)C[C@H]1C. The molecule has 0 bridgehead atoms. The minimum atomic E-state index is -4.53. The van der Waals surface area contributed by atoms with E-state index in [1.807, 2.05) is 17.9 Å². The first-order chi connectivity index (χ1) is 10.8. The molecule has 1 aliphatic rings. The lowest BCUT2D eigenvalue weighted by atomic mass is 10.0. The lowest BCUT2D eigenvalue weighted by Gasteiger charge is -2.45. The first-order valence-electron chi connectivity index (χ1n) is 7.50. The second kappa shape index (κ2) is 6.63. The molecule has 6 heteroatoms. The number of hydrogen-bond acceptors (Lipinski definition) is 3. The predicted molar refractivity (Wildman–Crippen MR) is 84.2 cm³/mol. The van der Waals surface area contributed by atoms with Gasteiger partial charge in [-0.05, 0) is 32.0 Å². The Bertz CT molecular complexity index is 618. The quantitative estimate of drug-likeness (QED) is 0.795. The van der Waals surface area contributed by atoms with E-state index in [0.29, 0.717) is 12.2 Å². The number of anilines is 1. The van der Waals surface area contributed by atoms with Crippen molar-refractivity contribution in [1.82, 2.24) is 4.90 Å². The van der Waals surface area contributed by atoms with E-state index in [1.54, 1.807) is 12.1 Å². The first-order valence-corrected chi connectivity index (χ1v) is 7.50. The zero-order valence-electron chi connectivity index (χ0n) is 13.3. The zero-order chi connectivity index (χ0) is 17.2. The van der Waals surface area contributed by atoms with Gasteiger partial charge in [0.1, 0.15) is 0 Å². The normalized spacial score (nSPS) is 22.7. The number of alkyl halides is 3. The molecule has 2 atom stereocenters. The van der Waals surface area contributed by atoms with Gasteiger partial charge in [-0.2, -0.15) is 18.4 Å². The summed E-state index contributed by atoms with van der Waals surface area (Å²) in [7, 11) is 0. The molecule has 0 aromatic heterocycles. The molecular weight excluding hydrogens is 303 g/mol. The van der Waals surface area contributed by atoms with Gasteiger partial charge >= 0.3 is 6.18 Å². The smallest absolute Gasteiger partial charge is 0.366 e. The van der Waals surface area contributed by atoms with Gasteiger partial charge in [0.2, 0.25) is 0 Å². The number of nitriles is 1. The molecule has 0 unspecified atom stereocenters. The topological polar surface area (TPSA) is 30.3 Å². The zero-order valence-corrected chi connectivity index (χ0v) is 13.3. The Morgan fingerprint density at radius 1 is 1.30 bits per heavy atom. The third kappa shape index (κ3) is 3.67. The fourth-order valence-electron chi connectivity index (χ4n) is 3.02. The molecule has 1 aromatic carbocycles. The van der Waals surface area contributed by atoms with Gasteiger partial charge in [0.15, 0.2) is 0 Å². The van der Waals surface area contributed by atoms with Crippen LogP contribution in [0, 0.1) is 11.3 Å². The summed E-state index contributed by atoms with van der Waals surface area (Å²) >= 11 is 0. The summed E-state index contributed by atoms with van der Waals surface area (Å²) in [4.78, 5) is 4.23. The third-order valence-electron chi connectivity index (χ3n) is 4.24. The fraction of sp³-hybridized carbons (Fsp3) is 0.471. The molecule has 1 heterocycles. The highest BCUT2D eigenvalue weighted by atomic mass is 19.4. The largest absolute Gasteiger partial charge is 0.417 e. The number of piperazine rings is 1. The van der Waals surface area contributed by atoms with Crippen LogP contribution in [-0.4, -0.2) is 36.6 Å². The lowest BCUT2D eigenvalue weighted by molar-refractivity contribution is -0.137. The number of halogens is 3. The monoisotopic (exact) mass is 323 g/mol. The van der Waals surface area contributed by atoms with Crippen LogP contribution in [0.1, 0.15) is 25.0 Å². The van der Waals surface area contributed by atoms with Gasteiger partial charge in [0.05, 0.1) is 17.2 Å². The summed E-state index contributed by atoms with van der Waals surface area (Å²) in [5.74, 6) is 0. The van der Waals surface area contributed by atoms with Crippen molar-refractivity contribution >= 4 is 5.69 Å². The van der Waals surface area contributed by atoms with Crippen LogP contribution in [0.15, 0.2) is 30.9 Å². The highest BCUT2D eigenvalue weighted by molar-refractivity contribution is 5.55. The molecule has 1 aromatic rings. The number of benzene rings is 1. The first kappa shape index (κ1) is 17.4. The van der Waals surface area contributed by atoms with Gasteiger partial charge in [0.25, 0.3) is 0 Å². The molecule has 1 saturated heterocycles. The fourth-order valence-corrected chi connectivity index (χ4v) is 3.02. The highest BCUT2D eigenvalue weighted by Gasteiger charge is 2.35. The van der Waals surface area contributed by atoms with Crippen LogP contribution in [0.25, 0.3) is 0 Å². The molecule has 0 saturated carbocycles. The van der Waals surface area contributed by atoms with Crippen molar-refractivity contribution in [3.63, 3.8) is 0 Å². The van der Waals surface area contributed by atoms with Crippen LogP contribution in [0.2, 0.25) is 0 Å². The Morgan fingerprint density at radius 3 is 2.57 bits per heavy atom. The Kier molecular flexibility index (Phi) is 5.00. The Balaban J connectivity index is 2.32. The summed E-state index contributed by atoms with van der Waals surface area (Å²) in [6.45, 7) is 9.94. The van der Waals surface area contributed by atoms with Crippen molar-refractivity contribution in [3.8, 4) is 6.07 Å². The minimum absolute atomic E-state index is 0.0835. The molecule has 0 spiro atoms. The average Bonchev–Trinajstić information content (AvgIpc) is 2.49. The van der Waals surface area contributed by atoms with Gasteiger partial charge in [-0.25, -0.2) is 0 Å². The van der Waals surface area contributed by atoms with Crippen molar-refractivity contribution in [3.05, 3.63) is 42.0 Å². The molecule has 3 nitrogen and oxygen atoms in total. The summed E-state index contributed by atoms with van der Waals surface area (Å²) in [5.41, 5.74) is -0.702. The van der Waals surface area contributed by atoms with E-state index in [-0.39, 0.29) is 17.6 Å². The third-order valence-corrected chi connectivity index (χ3v) is 4.24. The van der Waals surface area contributed by atoms with Gasteiger partial charge < -0.3 is 4.90 Å². The van der Waals surface area contributed by atoms with Crippen LogP contribution in [0.4, 0.5) is 18.9 Å². The number of hydrogen-bond donors (Lipinski definition) is 0. The minimum Gasteiger partial charge on any atom is -0.366 e. The average molecular weight is 323 g/mol. The molecule has 0 radical (unpaired) electrons. The summed E-state index contributed by atoms with van der Waals surface area (Å²) < 4.78 is 39.4. The van der Waals surface area contributed by atoms with Crippen molar-refractivity contribution in [2.45, 2.75) is 32.1 Å². The van der Waals surface area contributed by atoms with E-state index in [2.05, 4.69) is 18.4 Å². The van der Waals surface area contributed by atoms with Crippen LogP contribution in [-0.2, 0) is 6.18 Å². The van der Waals surface area contributed by atoms with Crippen molar-refractivity contribution < 1.29 is 13.2 Å². The van der Waals surface area contributed by atoms with E-state index in [9.17, 15) is 13.2 Å². The molecule has 1 aliphatic heterocycles. The summed E-state index contributed by atoms with van der Waals surface area (Å²) in [6, 6.07) is 5.86. The molecule has 1 fully saturated rings. The van der Waals surface area contributed by atoms with E-state index in [4.69, 9.17) is 5.26 Å². The maximum atomic E-state index is 13.1. The standard InChI is InChI=1S/C17H20F3N3/c1-4-7-22-10-13(3)23(11-12(22)2)15-6-5-14(9-21)16(8-15)17(18,19)20/h4-6,8,12-13H,1,7,10-11H2,2-3H3/t12-,13+/m1/s1. The van der Waals surface area contributed by atoms with E-state index in [1.165, 1.54) is 6.07 Å². The maximum Gasteiger partial charge on any atom is 0.417 e.